The second kappa shape index (κ2) is 6.71. The third kappa shape index (κ3) is 4.29. The van der Waals surface area contributed by atoms with Crippen molar-refractivity contribution in [3.05, 3.63) is 41.7 Å². The molecule has 88 valence electrons. The van der Waals surface area contributed by atoms with Crippen molar-refractivity contribution in [2.24, 2.45) is 0 Å². The molecule has 0 bridgehead atoms. The van der Waals surface area contributed by atoms with Crippen molar-refractivity contribution in [1.29, 1.82) is 5.26 Å². The number of benzene rings is 1. The number of hydrogen-bond acceptors (Lipinski definition) is 4. The number of carbonyl (C=O) groups is 1. The van der Waals surface area contributed by atoms with Gasteiger partial charge in [0, 0.05) is 0 Å². The molecule has 17 heavy (non-hydrogen) atoms. The van der Waals surface area contributed by atoms with Crippen molar-refractivity contribution in [2.75, 3.05) is 12.4 Å². The minimum absolute atomic E-state index is 0.374. The first-order valence-corrected chi connectivity index (χ1v) is 5.84. The van der Waals surface area contributed by atoms with Crippen LogP contribution in [-0.2, 0) is 9.53 Å². The van der Waals surface area contributed by atoms with Gasteiger partial charge in [0.2, 0.25) is 0 Å². The van der Waals surface area contributed by atoms with Crippen molar-refractivity contribution >= 4 is 21.9 Å². The van der Waals surface area contributed by atoms with Crippen molar-refractivity contribution in [3.63, 3.8) is 0 Å². The number of halogens is 1. The maximum atomic E-state index is 11.0. The Morgan fingerprint density at radius 3 is 2.94 bits per heavy atom. The number of carbonyl (C=O) groups excluding carboxylic acids is 1. The topological polar surface area (TPSA) is 59.3 Å². The number of esters is 1. The van der Waals surface area contributed by atoms with Crippen molar-refractivity contribution in [2.45, 2.75) is 0 Å². The van der Waals surface area contributed by atoms with E-state index in [9.17, 15) is 4.79 Å². The summed E-state index contributed by atoms with van der Waals surface area (Å²) in [6.45, 7) is 0. The summed E-state index contributed by atoms with van der Waals surface area (Å²) in [6.07, 6.45) is 1.24. The number of nitrogens with zero attached hydrogens (tertiary/aromatic N) is 1. The van der Waals surface area contributed by atoms with Crippen LogP contribution in [0, 0.1) is 11.3 Å². The molecule has 0 heterocycles. The Hall–Kier alpha value is -1.80. The summed E-state index contributed by atoms with van der Waals surface area (Å²) in [5.41, 5.74) is 0.495. The van der Waals surface area contributed by atoms with Gasteiger partial charge < -0.3 is 9.47 Å². The molecule has 0 aromatic heterocycles. The lowest BCUT2D eigenvalue weighted by atomic mass is 10.2. The zero-order valence-electron chi connectivity index (χ0n) is 9.14. The van der Waals surface area contributed by atoms with Crippen molar-refractivity contribution in [1.82, 2.24) is 0 Å². The van der Waals surface area contributed by atoms with E-state index in [0.29, 0.717) is 22.4 Å². The quantitative estimate of drug-likeness (QED) is 0.370. The fourth-order valence-corrected chi connectivity index (χ4v) is 1.34. The van der Waals surface area contributed by atoms with Crippen molar-refractivity contribution < 1.29 is 14.3 Å². The lowest BCUT2D eigenvalue weighted by molar-refractivity contribution is -0.135. The van der Waals surface area contributed by atoms with Gasteiger partial charge in [-0.1, -0.05) is 22.0 Å². The largest absolute Gasteiger partial charge is 0.466 e. The van der Waals surface area contributed by atoms with E-state index in [-0.39, 0.29) is 0 Å². The zero-order chi connectivity index (χ0) is 12.7. The van der Waals surface area contributed by atoms with Gasteiger partial charge in [0.05, 0.1) is 30.1 Å². The SMILES string of the molecule is COC(=O)/C=C(\CBr)Oc1cccc(C#N)c1. The van der Waals surface area contributed by atoms with Crippen LogP contribution in [0.1, 0.15) is 5.56 Å². The Kier molecular flexibility index (Phi) is 5.24. The lowest BCUT2D eigenvalue weighted by Crippen LogP contribution is -2.03. The van der Waals surface area contributed by atoms with E-state index in [2.05, 4.69) is 20.7 Å². The highest BCUT2D eigenvalue weighted by Crippen LogP contribution is 2.16. The molecule has 1 aromatic carbocycles. The highest BCUT2D eigenvalue weighted by molar-refractivity contribution is 9.09. The third-order valence-electron chi connectivity index (χ3n) is 1.82. The molecule has 0 amide bonds. The van der Waals surface area contributed by atoms with Crippen LogP contribution in [0.3, 0.4) is 0 Å². The van der Waals surface area contributed by atoms with E-state index in [0.717, 1.165) is 0 Å². The predicted octanol–water partition coefficient (Wildman–Crippen LogP) is 2.39. The van der Waals surface area contributed by atoms with Crippen LogP contribution in [-0.4, -0.2) is 18.4 Å². The normalized spacial score (nSPS) is 10.5. The highest BCUT2D eigenvalue weighted by atomic mass is 79.9. The Morgan fingerprint density at radius 1 is 1.59 bits per heavy atom. The van der Waals surface area contributed by atoms with E-state index in [1.54, 1.807) is 24.3 Å². The first-order valence-electron chi connectivity index (χ1n) is 4.72. The molecule has 0 radical (unpaired) electrons. The molecule has 1 aromatic rings. The van der Waals surface area contributed by atoms with Gasteiger partial charge in [-0.3, -0.25) is 0 Å². The summed E-state index contributed by atoms with van der Waals surface area (Å²) in [4.78, 5) is 11.0. The van der Waals surface area contributed by atoms with Gasteiger partial charge in [0.1, 0.15) is 11.5 Å². The molecule has 0 unspecified atom stereocenters. The monoisotopic (exact) mass is 295 g/mol. The number of methoxy groups -OCH3 is 1. The molecular weight excluding hydrogens is 286 g/mol. The number of allylic oxidation sites excluding steroid dienone is 1. The molecule has 0 fully saturated rings. The molecule has 0 saturated heterocycles. The smallest absolute Gasteiger partial charge is 0.333 e. The molecule has 0 atom stereocenters. The van der Waals surface area contributed by atoms with Crippen LogP contribution >= 0.6 is 15.9 Å². The molecule has 0 aliphatic carbocycles. The molecule has 0 spiro atoms. The van der Waals surface area contributed by atoms with Gasteiger partial charge in [-0.05, 0) is 18.2 Å². The number of nitriles is 1. The molecule has 0 saturated carbocycles. The second-order valence-electron chi connectivity index (χ2n) is 3.01. The standard InChI is InChI=1S/C12H10BrNO3/c1-16-12(15)6-11(7-13)17-10-4-2-3-9(5-10)8-14/h2-6H,7H2,1H3/b11-6+. The molecule has 0 aliphatic rings. The maximum absolute atomic E-state index is 11.0. The van der Waals surface area contributed by atoms with Crippen molar-refractivity contribution in [3.8, 4) is 11.8 Å². The molecule has 4 nitrogen and oxygen atoms in total. The summed E-state index contributed by atoms with van der Waals surface area (Å²) in [5.74, 6) is 0.418. The average Bonchev–Trinajstić information content (AvgIpc) is 2.37. The van der Waals surface area contributed by atoms with E-state index < -0.39 is 5.97 Å². The minimum Gasteiger partial charge on any atom is -0.466 e. The maximum Gasteiger partial charge on any atom is 0.333 e. The molecule has 0 N–H and O–H groups in total. The number of hydrogen-bond donors (Lipinski definition) is 0. The van der Waals surface area contributed by atoms with Crippen LogP contribution < -0.4 is 4.74 Å². The second-order valence-corrected chi connectivity index (χ2v) is 3.57. The summed E-state index contributed by atoms with van der Waals surface area (Å²) in [6, 6.07) is 8.68. The van der Waals surface area contributed by atoms with Gasteiger partial charge in [0.25, 0.3) is 0 Å². The molecular formula is C12H10BrNO3. The first-order chi connectivity index (χ1) is 8.19. The number of alkyl halides is 1. The fraction of sp³-hybridized carbons (Fsp3) is 0.167. The molecule has 0 aliphatic heterocycles. The summed E-state index contributed by atoms with van der Waals surface area (Å²) < 4.78 is 9.94. The lowest BCUT2D eigenvalue weighted by Gasteiger charge is -2.07. The van der Waals surface area contributed by atoms with Gasteiger partial charge in [-0.25, -0.2) is 4.79 Å². The predicted molar refractivity (Wildman–Crippen MR) is 65.7 cm³/mol. The van der Waals surface area contributed by atoms with Gasteiger partial charge >= 0.3 is 5.97 Å². The number of ether oxygens (including phenoxy) is 2. The van der Waals surface area contributed by atoms with Crippen LogP contribution in [0.5, 0.6) is 5.75 Å². The fourth-order valence-electron chi connectivity index (χ4n) is 1.07. The van der Waals surface area contributed by atoms with E-state index in [1.807, 2.05) is 6.07 Å². The number of rotatable bonds is 4. The van der Waals surface area contributed by atoms with Crippen LogP contribution in [0.25, 0.3) is 0 Å². The van der Waals surface area contributed by atoms with Crippen LogP contribution in [0.4, 0.5) is 0 Å². The van der Waals surface area contributed by atoms with Gasteiger partial charge in [-0.2, -0.15) is 5.26 Å². The van der Waals surface area contributed by atoms with Gasteiger partial charge in [-0.15, -0.1) is 0 Å². The van der Waals surface area contributed by atoms with E-state index in [4.69, 9.17) is 10.00 Å². The van der Waals surface area contributed by atoms with E-state index in [1.165, 1.54) is 13.2 Å². The van der Waals surface area contributed by atoms with Crippen LogP contribution in [0.2, 0.25) is 0 Å². The average molecular weight is 296 g/mol. The Balaban J connectivity index is 2.84. The third-order valence-corrected chi connectivity index (χ3v) is 2.38. The molecule has 5 heteroatoms. The zero-order valence-corrected chi connectivity index (χ0v) is 10.7. The molecule has 1 rings (SSSR count). The Bertz CT molecular complexity index is 477. The van der Waals surface area contributed by atoms with Gasteiger partial charge in [0.15, 0.2) is 0 Å². The first kappa shape index (κ1) is 13.3. The van der Waals surface area contributed by atoms with E-state index >= 15 is 0 Å². The Labute approximate surface area is 108 Å². The summed E-state index contributed by atoms with van der Waals surface area (Å²) in [5, 5.41) is 9.11. The summed E-state index contributed by atoms with van der Waals surface area (Å²) in [7, 11) is 1.29. The minimum atomic E-state index is -0.490. The Morgan fingerprint density at radius 2 is 2.35 bits per heavy atom. The highest BCUT2D eigenvalue weighted by Gasteiger charge is 2.04. The van der Waals surface area contributed by atoms with Crippen LogP contribution in [0.15, 0.2) is 36.1 Å². The summed E-state index contributed by atoms with van der Waals surface area (Å²) >= 11 is 3.20.